The van der Waals surface area contributed by atoms with E-state index in [0.29, 0.717) is 12.2 Å². The topological polar surface area (TPSA) is 95.8 Å². The molecule has 28 heavy (non-hydrogen) atoms. The predicted octanol–water partition coefficient (Wildman–Crippen LogP) is 2.72. The Morgan fingerprint density at radius 1 is 1.25 bits per heavy atom. The minimum Gasteiger partial charge on any atom is -0.369 e. The number of hydrogen-bond acceptors (Lipinski definition) is 6. The number of aromatic nitrogens is 4. The fourth-order valence-corrected chi connectivity index (χ4v) is 3.59. The van der Waals surface area contributed by atoms with Crippen LogP contribution in [0.25, 0.3) is 22.3 Å². The van der Waals surface area contributed by atoms with Crippen molar-refractivity contribution < 1.29 is 13.2 Å². The molecule has 4 rings (SSSR count). The molecule has 0 radical (unpaired) electrons. The molecule has 1 unspecified atom stereocenters. The first-order valence-corrected chi connectivity index (χ1v) is 9.01. The average Bonchev–Trinajstić information content (AvgIpc) is 3.27. The monoisotopic (exact) mass is 391 g/mol. The molecule has 1 fully saturated rings. The fourth-order valence-electron chi connectivity index (χ4n) is 3.59. The summed E-state index contributed by atoms with van der Waals surface area (Å²) in [5.41, 5.74) is 8.96. The molecule has 7 nitrogen and oxygen atoms in total. The van der Waals surface area contributed by atoms with Crippen molar-refractivity contribution in [1.82, 2.24) is 25.3 Å². The Kier molecular flexibility index (Phi) is 4.80. The lowest BCUT2D eigenvalue weighted by Gasteiger charge is -2.20. The molecule has 10 heteroatoms. The summed E-state index contributed by atoms with van der Waals surface area (Å²) in [7, 11) is 0. The molecule has 0 bridgehead atoms. The van der Waals surface area contributed by atoms with E-state index in [4.69, 9.17) is 5.73 Å². The van der Waals surface area contributed by atoms with Gasteiger partial charge in [-0.25, -0.2) is 15.0 Å². The van der Waals surface area contributed by atoms with Gasteiger partial charge in [-0.1, -0.05) is 0 Å². The van der Waals surface area contributed by atoms with Crippen LogP contribution in [0.2, 0.25) is 0 Å². The van der Waals surface area contributed by atoms with Gasteiger partial charge >= 0.3 is 6.18 Å². The maximum absolute atomic E-state index is 12.4. The third kappa shape index (κ3) is 3.86. The molecule has 1 atom stereocenters. The Morgan fingerprint density at radius 3 is 2.86 bits per heavy atom. The molecule has 1 aliphatic heterocycles. The van der Waals surface area contributed by atoms with Crippen molar-refractivity contribution in [2.24, 2.45) is 0 Å². The molecule has 0 spiro atoms. The van der Waals surface area contributed by atoms with Gasteiger partial charge in [0.25, 0.3) is 0 Å². The van der Waals surface area contributed by atoms with E-state index in [-0.39, 0.29) is 18.5 Å². The molecule has 3 aromatic rings. The zero-order valence-corrected chi connectivity index (χ0v) is 15.0. The molecule has 0 aromatic carbocycles. The van der Waals surface area contributed by atoms with Crippen LogP contribution in [0.15, 0.2) is 30.7 Å². The number of anilines is 2. The van der Waals surface area contributed by atoms with Gasteiger partial charge in [-0.15, -0.1) is 0 Å². The average molecular weight is 391 g/mol. The molecule has 4 heterocycles. The van der Waals surface area contributed by atoms with Crippen LogP contribution < -0.4 is 16.0 Å². The Morgan fingerprint density at radius 2 is 2.07 bits per heavy atom. The second-order valence-electron chi connectivity index (χ2n) is 6.81. The minimum atomic E-state index is -4.14. The molecule has 4 N–H and O–H groups in total. The van der Waals surface area contributed by atoms with Gasteiger partial charge in [0, 0.05) is 49.8 Å². The largest absolute Gasteiger partial charge is 0.390 e. The van der Waals surface area contributed by atoms with Crippen molar-refractivity contribution in [3.63, 3.8) is 0 Å². The molecule has 1 aliphatic rings. The highest BCUT2D eigenvalue weighted by Crippen LogP contribution is 2.35. The number of pyridine rings is 1. The molecule has 148 valence electrons. The zero-order chi connectivity index (χ0) is 19.7. The van der Waals surface area contributed by atoms with Crippen LogP contribution in [0.3, 0.4) is 0 Å². The summed E-state index contributed by atoms with van der Waals surface area (Å²) in [6.07, 6.45) is 0.974. The highest BCUT2D eigenvalue weighted by Gasteiger charge is 2.29. The van der Waals surface area contributed by atoms with Gasteiger partial charge in [-0.2, -0.15) is 13.2 Å². The number of rotatable bonds is 5. The second-order valence-corrected chi connectivity index (χ2v) is 6.81. The lowest BCUT2D eigenvalue weighted by atomic mass is 10.1. The third-order valence-corrected chi connectivity index (χ3v) is 4.87. The van der Waals surface area contributed by atoms with Crippen LogP contribution in [0, 0.1) is 0 Å². The van der Waals surface area contributed by atoms with E-state index < -0.39 is 12.6 Å². The number of alkyl halides is 3. The van der Waals surface area contributed by atoms with E-state index in [2.05, 4.69) is 30.2 Å². The van der Waals surface area contributed by atoms with Gasteiger partial charge in [0.05, 0.1) is 23.2 Å². The number of halogens is 3. The summed E-state index contributed by atoms with van der Waals surface area (Å²) >= 11 is 0. The van der Waals surface area contributed by atoms with Gasteiger partial charge in [-0.05, 0) is 18.6 Å². The SMILES string of the molecule is Nc1nccc(-c2c[nH]c3nccc(N4CCC(NCCC(F)(F)F)C4)c23)n1. The second kappa shape index (κ2) is 7.27. The lowest BCUT2D eigenvalue weighted by Crippen LogP contribution is -2.34. The standard InChI is InChI=1S/C18H20F3N7/c19-18(20,21)4-7-23-11-3-8-28(10-11)14-2-6-24-16-15(14)12(9-26-16)13-1-5-25-17(22)27-13/h1-2,5-6,9,11,23H,3-4,7-8,10H2,(H,24,26)(H2,22,25,27). The van der Waals surface area contributed by atoms with Crippen LogP contribution in [0.4, 0.5) is 24.8 Å². The molecule has 0 aliphatic carbocycles. The third-order valence-electron chi connectivity index (χ3n) is 4.87. The first kappa shape index (κ1) is 18.5. The van der Waals surface area contributed by atoms with E-state index in [9.17, 15) is 13.2 Å². The summed E-state index contributed by atoms with van der Waals surface area (Å²) in [6, 6.07) is 3.71. The normalized spacial score (nSPS) is 17.5. The van der Waals surface area contributed by atoms with Gasteiger partial charge < -0.3 is 20.9 Å². The Balaban J connectivity index is 1.57. The van der Waals surface area contributed by atoms with Crippen molar-refractivity contribution in [1.29, 1.82) is 0 Å². The zero-order valence-electron chi connectivity index (χ0n) is 15.0. The highest BCUT2D eigenvalue weighted by molar-refractivity contribution is 6.02. The van der Waals surface area contributed by atoms with Crippen molar-refractivity contribution in [3.8, 4) is 11.3 Å². The van der Waals surface area contributed by atoms with Gasteiger partial charge in [-0.3, -0.25) is 0 Å². The molecule has 1 saturated heterocycles. The molecule has 3 aromatic heterocycles. The van der Waals surface area contributed by atoms with Crippen LogP contribution in [-0.2, 0) is 0 Å². The van der Waals surface area contributed by atoms with Crippen LogP contribution in [0.1, 0.15) is 12.8 Å². The van der Waals surface area contributed by atoms with Crippen LogP contribution in [0.5, 0.6) is 0 Å². The van der Waals surface area contributed by atoms with Crippen molar-refractivity contribution in [2.75, 3.05) is 30.3 Å². The van der Waals surface area contributed by atoms with E-state index in [1.54, 1.807) is 18.5 Å². The van der Waals surface area contributed by atoms with Crippen molar-refractivity contribution >= 4 is 22.7 Å². The smallest absolute Gasteiger partial charge is 0.369 e. The number of nitrogens with two attached hydrogens (primary N) is 1. The van der Waals surface area contributed by atoms with Crippen molar-refractivity contribution in [3.05, 3.63) is 30.7 Å². The molecular weight excluding hydrogens is 371 g/mol. The van der Waals surface area contributed by atoms with E-state index in [0.717, 1.165) is 35.2 Å². The first-order chi connectivity index (χ1) is 13.4. The van der Waals surface area contributed by atoms with Crippen molar-refractivity contribution in [2.45, 2.75) is 25.1 Å². The number of nitrogen functional groups attached to an aromatic ring is 1. The van der Waals surface area contributed by atoms with E-state index in [1.807, 2.05) is 12.3 Å². The van der Waals surface area contributed by atoms with Gasteiger partial charge in [0.1, 0.15) is 5.65 Å². The minimum absolute atomic E-state index is 0.0163. The number of nitrogens with zero attached hydrogens (tertiary/aromatic N) is 4. The number of H-pyrrole nitrogens is 1. The summed E-state index contributed by atoms with van der Waals surface area (Å²) in [4.78, 5) is 17.9. The number of nitrogens with one attached hydrogen (secondary N) is 2. The number of aromatic amines is 1. The summed E-state index contributed by atoms with van der Waals surface area (Å²) < 4.78 is 37.1. The number of hydrogen-bond donors (Lipinski definition) is 3. The molecular formula is C18H20F3N7. The Hall–Kier alpha value is -2.88. The van der Waals surface area contributed by atoms with Crippen LogP contribution >= 0.6 is 0 Å². The van der Waals surface area contributed by atoms with E-state index in [1.165, 1.54) is 0 Å². The molecule has 0 amide bonds. The lowest BCUT2D eigenvalue weighted by molar-refractivity contribution is -0.133. The van der Waals surface area contributed by atoms with Gasteiger partial charge in [0.2, 0.25) is 5.95 Å². The van der Waals surface area contributed by atoms with Crippen LogP contribution in [-0.4, -0.2) is 51.8 Å². The molecule has 0 saturated carbocycles. The Labute approximate surface area is 159 Å². The maximum Gasteiger partial charge on any atom is 0.390 e. The fraction of sp³-hybridized carbons (Fsp3) is 0.389. The Bertz CT molecular complexity index is 969. The predicted molar refractivity (Wildman–Crippen MR) is 101 cm³/mol. The van der Waals surface area contributed by atoms with Gasteiger partial charge in [0.15, 0.2) is 0 Å². The summed E-state index contributed by atoms with van der Waals surface area (Å²) in [5, 5.41) is 3.92. The summed E-state index contributed by atoms with van der Waals surface area (Å²) in [5.74, 6) is 0.187. The quantitative estimate of drug-likeness (QED) is 0.619. The summed E-state index contributed by atoms with van der Waals surface area (Å²) in [6.45, 7) is 1.32. The van der Waals surface area contributed by atoms with E-state index >= 15 is 0 Å². The first-order valence-electron chi connectivity index (χ1n) is 9.01. The maximum atomic E-state index is 12.4. The highest BCUT2D eigenvalue weighted by atomic mass is 19.4. The number of fused-ring (bicyclic) bond motifs is 1.